The van der Waals surface area contributed by atoms with E-state index in [1.165, 1.54) is 16.3 Å². The summed E-state index contributed by atoms with van der Waals surface area (Å²) in [4.78, 5) is 0. The lowest BCUT2D eigenvalue weighted by Crippen LogP contribution is -2.42. The summed E-state index contributed by atoms with van der Waals surface area (Å²) in [7, 11) is 1.66. The summed E-state index contributed by atoms with van der Waals surface area (Å²) in [5.74, 6) is 0. The van der Waals surface area contributed by atoms with Crippen LogP contribution in [0.15, 0.2) is 42.5 Å². The van der Waals surface area contributed by atoms with Crippen LogP contribution in [0.25, 0.3) is 10.8 Å². The SMILES string of the molecule is CCC(C)(OC)C(O)Cc1cccc2ccccc12. The molecule has 0 saturated carbocycles. The number of aliphatic hydroxyl groups is 1. The quantitative estimate of drug-likeness (QED) is 0.888. The molecule has 0 aliphatic heterocycles. The Morgan fingerprint density at radius 1 is 1.16 bits per heavy atom. The van der Waals surface area contributed by atoms with E-state index in [1.807, 2.05) is 32.0 Å². The highest BCUT2D eigenvalue weighted by Crippen LogP contribution is 2.25. The van der Waals surface area contributed by atoms with E-state index in [-0.39, 0.29) is 0 Å². The van der Waals surface area contributed by atoms with E-state index in [9.17, 15) is 5.11 Å². The summed E-state index contributed by atoms with van der Waals surface area (Å²) in [6, 6.07) is 14.5. The molecular formula is C17H22O2. The summed E-state index contributed by atoms with van der Waals surface area (Å²) >= 11 is 0. The summed E-state index contributed by atoms with van der Waals surface area (Å²) in [5.41, 5.74) is 0.680. The van der Waals surface area contributed by atoms with Crippen molar-refractivity contribution >= 4 is 10.8 Å². The second kappa shape index (κ2) is 5.72. The fourth-order valence-electron chi connectivity index (χ4n) is 2.41. The van der Waals surface area contributed by atoms with Gasteiger partial charge in [-0.2, -0.15) is 0 Å². The molecule has 0 aromatic heterocycles. The van der Waals surface area contributed by atoms with Crippen LogP contribution >= 0.6 is 0 Å². The smallest absolute Gasteiger partial charge is 0.0909 e. The first kappa shape index (κ1) is 14.0. The molecule has 1 N–H and O–H groups in total. The molecular weight excluding hydrogens is 236 g/mol. The Morgan fingerprint density at radius 3 is 2.53 bits per heavy atom. The number of rotatable bonds is 5. The van der Waals surface area contributed by atoms with Crippen LogP contribution in [-0.4, -0.2) is 23.9 Å². The molecule has 2 atom stereocenters. The lowest BCUT2D eigenvalue weighted by molar-refractivity contribution is -0.0913. The van der Waals surface area contributed by atoms with Gasteiger partial charge in [-0.3, -0.25) is 0 Å². The minimum atomic E-state index is -0.506. The topological polar surface area (TPSA) is 29.5 Å². The average Bonchev–Trinajstić information content (AvgIpc) is 2.46. The molecule has 2 aromatic carbocycles. The third-order valence-electron chi connectivity index (χ3n) is 4.17. The highest BCUT2D eigenvalue weighted by molar-refractivity contribution is 5.85. The maximum absolute atomic E-state index is 10.5. The number of fused-ring (bicyclic) bond motifs is 1. The molecule has 0 saturated heterocycles. The van der Waals surface area contributed by atoms with Gasteiger partial charge in [-0.25, -0.2) is 0 Å². The molecule has 0 spiro atoms. The Balaban J connectivity index is 2.31. The van der Waals surface area contributed by atoms with E-state index in [2.05, 4.69) is 24.3 Å². The molecule has 0 bridgehead atoms. The third-order valence-corrected chi connectivity index (χ3v) is 4.17. The van der Waals surface area contributed by atoms with E-state index in [1.54, 1.807) is 7.11 Å². The normalized spacial score (nSPS) is 16.2. The maximum atomic E-state index is 10.5. The number of aliphatic hydroxyl groups excluding tert-OH is 1. The van der Waals surface area contributed by atoms with E-state index < -0.39 is 11.7 Å². The van der Waals surface area contributed by atoms with Crippen molar-refractivity contribution in [2.24, 2.45) is 0 Å². The number of ether oxygens (including phenoxy) is 1. The highest BCUT2D eigenvalue weighted by Gasteiger charge is 2.31. The third kappa shape index (κ3) is 2.80. The zero-order valence-corrected chi connectivity index (χ0v) is 11.9. The van der Waals surface area contributed by atoms with Gasteiger partial charge >= 0.3 is 0 Å². The number of benzene rings is 2. The van der Waals surface area contributed by atoms with Gasteiger partial charge in [0.2, 0.25) is 0 Å². The van der Waals surface area contributed by atoms with Crippen LogP contribution < -0.4 is 0 Å². The molecule has 2 aromatic rings. The van der Waals surface area contributed by atoms with Gasteiger partial charge in [0.25, 0.3) is 0 Å². The molecule has 19 heavy (non-hydrogen) atoms. The van der Waals surface area contributed by atoms with Gasteiger partial charge < -0.3 is 9.84 Å². The molecule has 0 fully saturated rings. The molecule has 0 amide bonds. The minimum absolute atomic E-state index is 0.489. The van der Waals surface area contributed by atoms with Crippen LogP contribution in [0, 0.1) is 0 Å². The zero-order valence-electron chi connectivity index (χ0n) is 11.9. The first-order valence-electron chi connectivity index (χ1n) is 6.80. The molecule has 0 radical (unpaired) electrons. The van der Waals surface area contributed by atoms with Crippen LogP contribution in [0.2, 0.25) is 0 Å². The Kier molecular flexibility index (Phi) is 4.23. The van der Waals surface area contributed by atoms with Crippen LogP contribution in [-0.2, 0) is 11.2 Å². The summed E-state index contributed by atoms with van der Waals surface area (Å²) in [6.45, 7) is 4.00. The monoisotopic (exact) mass is 258 g/mol. The molecule has 2 heteroatoms. The van der Waals surface area contributed by atoms with Crippen molar-refractivity contribution in [2.45, 2.75) is 38.4 Å². The maximum Gasteiger partial charge on any atom is 0.0909 e. The molecule has 2 nitrogen and oxygen atoms in total. The zero-order chi connectivity index (χ0) is 13.9. The first-order valence-corrected chi connectivity index (χ1v) is 6.80. The van der Waals surface area contributed by atoms with Crippen LogP contribution in [0.1, 0.15) is 25.8 Å². The predicted octanol–water partition coefficient (Wildman–Crippen LogP) is 3.56. The molecule has 102 valence electrons. The van der Waals surface area contributed by atoms with Gasteiger partial charge in [-0.15, -0.1) is 0 Å². The Hall–Kier alpha value is -1.38. The molecule has 0 aliphatic rings. The second-order valence-electron chi connectivity index (χ2n) is 5.23. The lowest BCUT2D eigenvalue weighted by atomic mass is 9.89. The molecule has 0 heterocycles. The molecule has 2 rings (SSSR count). The minimum Gasteiger partial charge on any atom is -0.390 e. The van der Waals surface area contributed by atoms with Crippen LogP contribution in [0.5, 0.6) is 0 Å². The van der Waals surface area contributed by atoms with Crippen molar-refractivity contribution in [3.05, 3.63) is 48.0 Å². The van der Waals surface area contributed by atoms with Crippen molar-refractivity contribution in [3.8, 4) is 0 Å². The van der Waals surface area contributed by atoms with Gasteiger partial charge in [0.1, 0.15) is 0 Å². The fourth-order valence-corrected chi connectivity index (χ4v) is 2.41. The van der Waals surface area contributed by atoms with Gasteiger partial charge in [-0.05, 0) is 29.7 Å². The number of hydrogen-bond donors (Lipinski definition) is 1. The van der Waals surface area contributed by atoms with Crippen molar-refractivity contribution in [1.82, 2.24) is 0 Å². The molecule has 0 aliphatic carbocycles. The van der Waals surface area contributed by atoms with Crippen molar-refractivity contribution in [1.29, 1.82) is 0 Å². The van der Waals surface area contributed by atoms with E-state index in [0.717, 1.165) is 6.42 Å². The summed E-state index contributed by atoms with van der Waals surface area (Å²) in [6.07, 6.45) is 0.892. The van der Waals surface area contributed by atoms with Crippen molar-refractivity contribution in [2.75, 3.05) is 7.11 Å². The Labute approximate surface area is 115 Å². The van der Waals surface area contributed by atoms with Crippen LogP contribution in [0.4, 0.5) is 0 Å². The van der Waals surface area contributed by atoms with Gasteiger partial charge in [0.05, 0.1) is 11.7 Å². The Morgan fingerprint density at radius 2 is 1.84 bits per heavy atom. The molecule has 2 unspecified atom stereocenters. The highest BCUT2D eigenvalue weighted by atomic mass is 16.5. The largest absolute Gasteiger partial charge is 0.390 e. The van der Waals surface area contributed by atoms with Crippen molar-refractivity contribution in [3.63, 3.8) is 0 Å². The van der Waals surface area contributed by atoms with Gasteiger partial charge in [0.15, 0.2) is 0 Å². The lowest BCUT2D eigenvalue weighted by Gasteiger charge is -2.32. The van der Waals surface area contributed by atoms with E-state index in [4.69, 9.17) is 4.74 Å². The standard InChI is InChI=1S/C17H22O2/c1-4-17(2,19-3)16(18)12-14-10-7-9-13-8-5-6-11-15(13)14/h5-11,16,18H,4,12H2,1-3H3. The summed E-state index contributed by atoms with van der Waals surface area (Å²) < 4.78 is 5.48. The van der Waals surface area contributed by atoms with Gasteiger partial charge in [-0.1, -0.05) is 49.4 Å². The number of methoxy groups -OCH3 is 1. The van der Waals surface area contributed by atoms with E-state index in [0.29, 0.717) is 6.42 Å². The summed E-state index contributed by atoms with van der Waals surface area (Å²) in [5, 5.41) is 12.9. The van der Waals surface area contributed by atoms with Crippen LogP contribution in [0.3, 0.4) is 0 Å². The first-order chi connectivity index (χ1) is 9.10. The van der Waals surface area contributed by atoms with Gasteiger partial charge in [0, 0.05) is 13.5 Å². The van der Waals surface area contributed by atoms with Crippen molar-refractivity contribution < 1.29 is 9.84 Å². The predicted molar refractivity (Wildman–Crippen MR) is 79.4 cm³/mol. The Bertz CT molecular complexity index is 538. The average molecular weight is 258 g/mol. The second-order valence-corrected chi connectivity index (χ2v) is 5.23. The number of hydrogen-bond acceptors (Lipinski definition) is 2. The fraction of sp³-hybridized carbons (Fsp3) is 0.412. The van der Waals surface area contributed by atoms with E-state index >= 15 is 0 Å².